The molecule has 0 spiro atoms. The third-order valence-electron chi connectivity index (χ3n) is 6.63. The van der Waals surface area contributed by atoms with Crippen molar-refractivity contribution in [3.63, 3.8) is 0 Å². The van der Waals surface area contributed by atoms with Crippen molar-refractivity contribution in [3.05, 3.63) is 70.3 Å². The smallest absolute Gasteiger partial charge is 0.331 e. The lowest BCUT2D eigenvalue weighted by Crippen LogP contribution is -2.80. The van der Waals surface area contributed by atoms with Crippen molar-refractivity contribution in [2.75, 3.05) is 13.7 Å². The summed E-state index contributed by atoms with van der Waals surface area (Å²) in [6.45, 7) is -0.0598. The number of likely N-dealkylation sites (tertiary alicyclic amines) is 1. The van der Waals surface area contributed by atoms with Crippen molar-refractivity contribution in [3.8, 4) is 0 Å². The molecule has 1 amide bonds. The first-order valence-corrected chi connectivity index (χ1v) is 12.4. The maximum Gasteiger partial charge on any atom is 0.331 e. The average Bonchev–Trinajstić information content (AvgIpc) is 3.32. The summed E-state index contributed by atoms with van der Waals surface area (Å²) in [6, 6.07) is 13.8. The monoisotopic (exact) mass is 487 g/mol. The van der Waals surface area contributed by atoms with Crippen LogP contribution in [-0.4, -0.2) is 54.8 Å². The van der Waals surface area contributed by atoms with Gasteiger partial charge in [0.2, 0.25) is 15.9 Å². The lowest BCUT2D eigenvalue weighted by Gasteiger charge is -2.55. The normalized spacial score (nSPS) is 21.7. The third kappa shape index (κ3) is 3.94. The van der Waals surface area contributed by atoms with E-state index in [4.69, 9.17) is 4.74 Å². The van der Waals surface area contributed by atoms with E-state index in [1.54, 1.807) is 30.3 Å². The van der Waals surface area contributed by atoms with E-state index < -0.39 is 48.5 Å². The molecule has 0 aromatic heterocycles. The molecule has 11 heteroatoms. The Hall–Kier alpha value is -3.31. The van der Waals surface area contributed by atoms with Crippen LogP contribution >= 0.6 is 0 Å². The topological polar surface area (TPSA) is 136 Å². The number of hydrogen-bond donors (Lipinski definition) is 1. The predicted octanol–water partition coefficient (Wildman–Crippen LogP) is 2.18. The third-order valence-corrected chi connectivity index (χ3v) is 8.21. The Bertz CT molecular complexity index is 1230. The molecule has 10 nitrogen and oxygen atoms in total. The van der Waals surface area contributed by atoms with Gasteiger partial charge in [-0.25, -0.2) is 13.2 Å². The molecule has 2 aliphatic rings. The average molecular weight is 488 g/mol. The highest BCUT2D eigenvalue weighted by Crippen LogP contribution is 2.44. The van der Waals surface area contributed by atoms with Crippen LogP contribution in [0.2, 0.25) is 0 Å². The molecule has 4 rings (SSSR count). The van der Waals surface area contributed by atoms with Crippen molar-refractivity contribution in [2.45, 2.75) is 48.1 Å². The molecule has 1 saturated carbocycles. The molecule has 1 heterocycles. The summed E-state index contributed by atoms with van der Waals surface area (Å²) >= 11 is 0. The molecule has 1 atom stereocenters. The fourth-order valence-electron chi connectivity index (χ4n) is 4.99. The van der Waals surface area contributed by atoms with Gasteiger partial charge >= 0.3 is 5.97 Å². The Morgan fingerprint density at radius 3 is 2.32 bits per heavy atom. The SMILES string of the molecule is COC(=O)C1(N2C[C@@](Cc3ccccc3)(NS(=O)(=O)c3ccccc3[N+](=O)[O-])C2=O)CCCC1. The fourth-order valence-corrected chi connectivity index (χ4v) is 6.52. The number of carbonyl (C=O) groups is 2. The summed E-state index contributed by atoms with van der Waals surface area (Å²) in [5.74, 6) is -1.07. The van der Waals surface area contributed by atoms with Crippen LogP contribution in [0.15, 0.2) is 59.5 Å². The number of esters is 1. The van der Waals surface area contributed by atoms with Gasteiger partial charge in [0, 0.05) is 12.5 Å². The number of nitrogens with zero attached hydrogens (tertiary/aromatic N) is 2. The van der Waals surface area contributed by atoms with E-state index in [0.29, 0.717) is 18.4 Å². The van der Waals surface area contributed by atoms with Crippen LogP contribution < -0.4 is 4.72 Å². The van der Waals surface area contributed by atoms with Crippen LogP contribution in [0.5, 0.6) is 0 Å². The minimum atomic E-state index is -4.46. The Labute approximate surface area is 197 Å². The maximum absolute atomic E-state index is 13.7. The Morgan fingerprint density at radius 2 is 1.74 bits per heavy atom. The van der Waals surface area contributed by atoms with Gasteiger partial charge in [0.25, 0.3) is 5.69 Å². The number of rotatable bonds is 8. The second-order valence-corrected chi connectivity index (χ2v) is 10.3. The molecule has 1 N–H and O–H groups in total. The number of β-lactam (4-membered cyclic amide) rings is 1. The molecule has 34 heavy (non-hydrogen) atoms. The molecular weight excluding hydrogens is 462 g/mol. The summed E-state index contributed by atoms with van der Waals surface area (Å²) in [4.78, 5) is 37.9. The molecule has 2 fully saturated rings. The van der Waals surface area contributed by atoms with Crippen molar-refractivity contribution in [1.82, 2.24) is 9.62 Å². The number of ether oxygens (including phenoxy) is 1. The van der Waals surface area contributed by atoms with Gasteiger partial charge in [0.05, 0.1) is 18.6 Å². The second-order valence-electron chi connectivity index (χ2n) is 8.70. The van der Waals surface area contributed by atoms with Crippen LogP contribution in [0, 0.1) is 10.1 Å². The van der Waals surface area contributed by atoms with Crippen molar-refractivity contribution in [1.29, 1.82) is 0 Å². The number of benzene rings is 2. The number of nitrogens with one attached hydrogen (secondary N) is 1. The van der Waals surface area contributed by atoms with Crippen LogP contribution in [0.3, 0.4) is 0 Å². The zero-order chi connectivity index (χ0) is 24.6. The summed E-state index contributed by atoms with van der Waals surface area (Å²) in [7, 11) is -3.19. The van der Waals surface area contributed by atoms with Crippen LogP contribution in [-0.2, 0) is 30.8 Å². The van der Waals surface area contributed by atoms with Crippen molar-refractivity contribution >= 4 is 27.6 Å². The number of sulfonamides is 1. The zero-order valence-electron chi connectivity index (χ0n) is 18.6. The van der Waals surface area contributed by atoms with Gasteiger partial charge in [-0.2, -0.15) is 4.72 Å². The Kier molecular flexibility index (Phi) is 6.17. The molecule has 1 aliphatic heterocycles. The molecule has 0 radical (unpaired) electrons. The first-order chi connectivity index (χ1) is 16.2. The molecule has 1 saturated heterocycles. The molecular formula is C23H25N3O7S. The molecule has 0 bridgehead atoms. The minimum Gasteiger partial charge on any atom is -0.467 e. The molecule has 2 aromatic carbocycles. The zero-order valence-corrected chi connectivity index (χ0v) is 19.4. The van der Waals surface area contributed by atoms with E-state index in [1.807, 2.05) is 0 Å². The highest BCUT2D eigenvalue weighted by molar-refractivity contribution is 7.89. The number of nitro groups is 1. The van der Waals surface area contributed by atoms with E-state index in [-0.39, 0.29) is 13.0 Å². The van der Waals surface area contributed by atoms with Crippen LogP contribution in [0.25, 0.3) is 0 Å². The van der Waals surface area contributed by atoms with E-state index in [0.717, 1.165) is 25.0 Å². The summed E-state index contributed by atoms with van der Waals surface area (Å²) in [5, 5.41) is 11.4. The number of hydrogen-bond acceptors (Lipinski definition) is 7. The van der Waals surface area contributed by atoms with E-state index in [2.05, 4.69) is 4.72 Å². The number of methoxy groups -OCH3 is 1. The second kappa shape index (κ2) is 8.80. The first-order valence-electron chi connectivity index (χ1n) is 10.9. The minimum absolute atomic E-state index is 0.0281. The van der Waals surface area contributed by atoms with E-state index >= 15 is 0 Å². The predicted molar refractivity (Wildman–Crippen MR) is 121 cm³/mol. The summed E-state index contributed by atoms with van der Waals surface area (Å²) < 4.78 is 34.1. The van der Waals surface area contributed by atoms with Crippen LogP contribution in [0.4, 0.5) is 5.69 Å². The maximum atomic E-state index is 13.7. The van der Waals surface area contributed by atoms with Crippen molar-refractivity contribution in [2.24, 2.45) is 0 Å². The van der Waals surface area contributed by atoms with E-state index in [1.165, 1.54) is 24.1 Å². The number of amides is 1. The lowest BCUT2D eigenvalue weighted by molar-refractivity contribution is -0.387. The Morgan fingerprint density at radius 1 is 1.12 bits per heavy atom. The Balaban J connectivity index is 1.73. The van der Waals surface area contributed by atoms with Gasteiger partial charge in [0.1, 0.15) is 11.1 Å². The summed E-state index contributed by atoms with van der Waals surface area (Å²) in [6.07, 6.45) is 2.38. The van der Waals surface area contributed by atoms with Gasteiger partial charge in [-0.05, 0) is 24.5 Å². The molecule has 180 valence electrons. The van der Waals surface area contributed by atoms with Gasteiger partial charge in [-0.15, -0.1) is 0 Å². The van der Waals surface area contributed by atoms with E-state index in [9.17, 15) is 28.1 Å². The number of para-hydroxylation sites is 1. The highest BCUT2D eigenvalue weighted by atomic mass is 32.2. The van der Waals surface area contributed by atoms with Crippen molar-refractivity contribution < 1.29 is 27.7 Å². The highest BCUT2D eigenvalue weighted by Gasteiger charge is 2.63. The van der Waals surface area contributed by atoms with Gasteiger partial charge in [-0.3, -0.25) is 14.9 Å². The number of carbonyl (C=O) groups excluding carboxylic acids is 2. The molecule has 1 aliphatic carbocycles. The number of nitro benzene ring substituents is 1. The first kappa shape index (κ1) is 23.8. The van der Waals surface area contributed by atoms with Crippen LogP contribution in [0.1, 0.15) is 31.2 Å². The van der Waals surface area contributed by atoms with Gasteiger partial charge < -0.3 is 9.64 Å². The van der Waals surface area contributed by atoms with Gasteiger partial charge in [-0.1, -0.05) is 55.3 Å². The standard InChI is InChI=1S/C23H25N3O7S/c1-33-21(28)23(13-7-8-14-23)25-16-22(20(25)27,15-17-9-3-2-4-10-17)24-34(31,32)19-12-6-5-11-18(19)26(29)30/h2-6,9-12,24H,7-8,13-16H2,1H3/t22-/m1/s1. The molecule has 2 aromatic rings. The summed E-state index contributed by atoms with van der Waals surface area (Å²) in [5.41, 5.74) is -2.60. The quantitative estimate of drug-likeness (QED) is 0.261. The fraction of sp³-hybridized carbons (Fsp3) is 0.391. The molecule has 0 unspecified atom stereocenters. The largest absolute Gasteiger partial charge is 0.467 e. The van der Waals surface area contributed by atoms with Gasteiger partial charge in [0.15, 0.2) is 4.90 Å². The lowest BCUT2D eigenvalue weighted by atomic mass is 9.78.